The molecule has 8 heteroatoms. The fourth-order valence-corrected chi connectivity index (χ4v) is 3.83. The Morgan fingerprint density at radius 1 is 1.24 bits per heavy atom. The summed E-state index contributed by atoms with van der Waals surface area (Å²) in [5, 5.41) is 9.61. The molecule has 1 saturated heterocycles. The van der Waals surface area contributed by atoms with Gasteiger partial charge in [0.25, 0.3) is 0 Å². The smallest absolute Gasteiger partial charge is 0.393 e. The lowest BCUT2D eigenvalue weighted by atomic mass is 9.99. The summed E-state index contributed by atoms with van der Waals surface area (Å²) >= 11 is 0. The topological polar surface area (TPSA) is 57.6 Å². The highest BCUT2D eigenvalue weighted by Crippen LogP contribution is 2.31. The molecule has 1 aliphatic heterocycles. The quantitative estimate of drug-likeness (QED) is 0.907. The van der Waals surface area contributed by atoms with E-state index in [1.54, 1.807) is 6.92 Å². The van der Waals surface area contributed by atoms with Crippen LogP contribution in [0, 0.1) is 5.92 Å². The molecule has 1 aliphatic rings. The van der Waals surface area contributed by atoms with Crippen molar-refractivity contribution in [2.24, 2.45) is 5.92 Å². The van der Waals surface area contributed by atoms with Gasteiger partial charge >= 0.3 is 6.18 Å². The highest BCUT2D eigenvalue weighted by atomic mass is 32.2. The number of rotatable bonds is 2. The Labute approximate surface area is 121 Å². The fraction of sp³-hybridized carbons (Fsp3) is 0.538. The molecule has 2 unspecified atom stereocenters. The molecule has 0 saturated carbocycles. The van der Waals surface area contributed by atoms with Gasteiger partial charge in [0, 0.05) is 13.1 Å². The summed E-state index contributed by atoms with van der Waals surface area (Å²) in [4.78, 5) is -0.168. The van der Waals surface area contributed by atoms with Crippen LogP contribution in [-0.4, -0.2) is 37.0 Å². The van der Waals surface area contributed by atoms with Crippen molar-refractivity contribution in [3.8, 4) is 0 Å². The molecule has 1 fully saturated rings. The number of sulfonamides is 1. The van der Waals surface area contributed by atoms with Gasteiger partial charge in [-0.1, -0.05) is 6.92 Å². The average molecular weight is 323 g/mol. The van der Waals surface area contributed by atoms with E-state index in [-0.39, 0.29) is 23.9 Å². The molecule has 21 heavy (non-hydrogen) atoms. The normalized spacial score (nSPS) is 25.0. The van der Waals surface area contributed by atoms with E-state index >= 15 is 0 Å². The number of alkyl halides is 3. The number of halogens is 3. The lowest BCUT2D eigenvalue weighted by Gasteiger charge is -2.33. The van der Waals surface area contributed by atoms with Crippen molar-refractivity contribution >= 4 is 10.0 Å². The second kappa shape index (κ2) is 5.58. The van der Waals surface area contributed by atoms with E-state index in [9.17, 15) is 26.7 Å². The van der Waals surface area contributed by atoms with Gasteiger partial charge in [0.1, 0.15) is 0 Å². The zero-order valence-corrected chi connectivity index (χ0v) is 12.2. The Hall–Kier alpha value is -1.12. The number of hydrogen-bond acceptors (Lipinski definition) is 3. The molecule has 0 amide bonds. The van der Waals surface area contributed by atoms with Crippen molar-refractivity contribution in [2.45, 2.75) is 30.5 Å². The van der Waals surface area contributed by atoms with Crippen LogP contribution >= 0.6 is 0 Å². The van der Waals surface area contributed by atoms with Gasteiger partial charge in [0.05, 0.1) is 16.6 Å². The summed E-state index contributed by atoms with van der Waals surface area (Å²) in [6, 6.07) is 3.45. The van der Waals surface area contributed by atoms with Crippen molar-refractivity contribution in [2.75, 3.05) is 13.1 Å². The van der Waals surface area contributed by atoms with E-state index in [4.69, 9.17) is 0 Å². The zero-order chi connectivity index (χ0) is 15.8. The van der Waals surface area contributed by atoms with E-state index in [0.717, 1.165) is 24.3 Å². The Morgan fingerprint density at radius 2 is 1.81 bits per heavy atom. The highest BCUT2D eigenvalue weighted by molar-refractivity contribution is 7.89. The third-order valence-corrected chi connectivity index (χ3v) is 5.52. The van der Waals surface area contributed by atoms with E-state index in [1.165, 1.54) is 4.31 Å². The molecule has 1 heterocycles. The molecule has 0 aliphatic carbocycles. The van der Waals surface area contributed by atoms with Crippen LogP contribution in [0.25, 0.3) is 0 Å². The number of aliphatic hydroxyl groups is 1. The largest absolute Gasteiger partial charge is 0.416 e. The lowest BCUT2D eigenvalue weighted by Crippen LogP contribution is -2.44. The third kappa shape index (κ3) is 3.38. The van der Waals surface area contributed by atoms with Gasteiger partial charge in [-0.05, 0) is 36.6 Å². The molecule has 1 aromatic carbocycles. The number of aliphatic hydroxyl groups excluding tert-OH is 1. The Bertz CT molecular complexity index is 598. The number of benzene rings is 1. The second-order valence-corrected chi connectivity index (χ2v) is 7.16. The summed E-state index contributed by atoms with van der Waals surface area (Å²) < 4.78 is 63.4. The van der Waals surface area contributed by atoms with Crippen LogP contribution in [0.15, 0.2) is 29.2 Å². The van der Waals surface area contributed by atoms with E-state index < -0.39 is 27.9 Å². The van der Waals surface area contributed by atoms with Crippen molar-refractivity contribution in [3.05, 3.63) is 29.8 Å². The molecule has 0 radical (unpaired) electrons. The van der Waals surface area contributed by atoms with E-state index in [2.05, 4.69) is 0 Å². The average Bonchev–Trinajstić information content (AvgIpc) is 2.41. The molecule has 0 aromatic heterocycles. The first-order valence-corrected chi connectivity index (χ1v) is 7.92. The molecule has 1 aromatic rings. The molecule has 0 bridgehead atoms. The summed E-state index contributed by atoms with van der Waals surface area (Å²) in [5.74, 6) is -0.206. The highest BCUT2D eigenvalue weighted by Gasteiger charge is 2.34. The van der Waals surface area contributed by atoms with Gasteiger partial charge in [0.15, 0.2) is 0 Å². The minimum atomic E-state index is -4.49. The van der Waals surface area contributed by atoms with Crippen LogP contribution in [-0.2, 0) is 16.2 Å². The van der Waals surface area contributed by atoms with Crippen molar-refractivity contribution in [3.63, 3.8) is 0 Å². The first-order chi connectivity index (χ1) is 9.62. The third-order valence-electron chi connectivity index (χ3n) is 3.64. The van der Waals surface area contributed by atoms with Crippen LogP contribution in [0.3, 0.4) is 0 Å². The molecule has 118 valence electrons. The molecule has 4 nitrogen and oxygen atoms in total. The first kappa shape index (κ1) is 16.3. The van der Waals surface area contributed by atoms with E-state index in [1.807, 2.05) is 0 Å². The van der Waals surface area contributed by atoms with Gasteiger partial charge < -0.3 is 5.11 Å². The SMILES string of the molecule is CC1CN(S(=O)(=O)c2ccc(C(F)(F)F)cc2)CCC1O. The summed E-state index contributed by atoms with van der Waals surface area (Å²) in [5.41, 5.74) is -0.885. The summed E-state index contributed by atoms with van der Waals surface area (Å²) in [6.07, 6.45) is -4.73. The fourth-order valence-electron chi connectivity index (χ4n) is 2.28. The van der Waals surface area contributed by atoms with Gasteiger partial charge in [0.2, 0.25) is 10.0 Å². The molecule has 2 rings (SSSR count). The number of piperidine rings is 1. The maximum atomic E-state index is 12.5. The van der Waals surface area contributed by atoms with Gasteiger partial charge in [-0.3, -0.25) is 0 Å². The van der Waals surface area contributed by atoms with Gasteiger partial charge in [-0.2, -0.15) is 17.5 Å². The summed E-state index contributed by atoms with van der Waals surface area (Å²) in [7, 11) is -3.83. The number of hydrogen-bond donors (Lipinski definition) is 1. The Balaban J connectivity index is 2.24. The predicted molar refractivity (Wildman–Crippen MR) is 70.0 cm³/mol. The van der Waals surface area contributed by atoms with E-state index in [0.29, 0.717) is 6.42 Å². The standard InChI is InChI=1S/C13H16F3NO3S/c1-9-8-17(7-6-12(9)18)21(19,20)11-4-2-10(3-5-11)13(14,15)16/h2-5,9,12,18H,6-8H2,1H3. The van der Waals surface area contributed by atoms with Crippen LogP contribution in [0.1, 0.15) is 18.9 Å². The monoisotopic (exact) mass is 323 g/mol. The molecular formula is C13H16F3NO3S. The summed E-state index contributed by atoms with van der Waals surface area (Å²) in [6.45, 7) is 2.05. The maximum Gasteiger partial charge on any atom is 0.416 e. The zero-order valence-electron chi connectivity index (χ0n) is 11.3. The first-order valence-electron chi connectivity index (χ1n) is 6.48. The minimum Gasteiger partial charge on any atom is -0.393 e. The van der Waals surface area contributed by atoms with Crippen LogP contribution in [0.5, 0.6) is 0 Å². The van der Waals surface area contributed by atoms with Crippen LogP contribution in [0.2, 0.25) is 0 Å². The van der Waals surface area contributed by atoms with Gasteiger partial charge in [-0.15, -0.1) is 0 Å². The van der Waals surface area contributed by atoms with Crippen molar-refractivity contribution in [1.82, 2.24) is 4.31 Å². The minimum absolute atomic E-state index is 0.157. The predicted octanol–water partition coefficient (Wildman–Crippen LogP) is 2.10. The Morgan fingerprint density at radius 3 is 2.29 bits per heavy atom. The maximum absolute atomic E-state index is 12.5. The molecular weight excluding hydrogens is 307 g/mol. The lowest BCUT2D eigenvalue weighted by molar-refractivity contribution is -0.137. The Kier molecular flexibility index (Phi) is 4.32. The van der Waals surface area contributed by atoms with Crippen molar-refractivity contribution in [1.29, 1.82) is 0 Å². The van der Waals surface area contributed by atoms with Crippen LogP contribution < -0.4 is 0 Å². The van der Waals surface area contributed by atoms with Crippen molar-refractivity contribution < 1.29 is 26.7 Å². The number of nitrogens with zero attached hydrogens (tertiary/aromatic N) is 1. The molecule has 0 spiro atoms. The molecule has 1 N–H and O–H groups in total. The van der Waals surface area contributed by atoms with Crippen LogP contribution in [0.4, 0.5) is 13.2 Å². The molecule has 2 atom stereocenters. The second-order valence-electron chi connectivity index (χ2n) is 5.22. The van der Waals surface area contributed by atoms with Gasteiger partial charge in [-0.25, -0.2) is 8.42 Å².